The van der Waals surface area contributed by atoms with Gasteiger partial charge in [-0.1, -0.05) is 18.7 Å². The Morgan fingerprint density at radius 3 is 2.60 bits per heavy atom. The van der Waals surface area contributed by atoms with E-state index in [0.29, 0.717) is 0 Å². The third kappa shape index (κ3) is 7.55. The van der Waals surface area contributed by atoms with Gasteiger partial charge < -0.3 is 10.5 Å². The van der Waals surface area contributed by atoms with Crippen molar-refractivity contribution in [3.05, 3.63) is 66.0 Å². The van der Waals surface area contributed by atoms with E-state index in [1.165, 1.54) is 24.3 Å². The molecule has 0 saturated heterocycles. The van der Waals surface area contributed by atoms with Crippen LogP contribution in [-0.2, 0) is 16.3 Å². The summed E-state index contributed by atoms with van der Waals surface area (Å²) in [6.45, 7) is 5.25. The Morgan fingerprint density at radius 2 is 2.08 bits per heavy atom. The molecule has 5 nitrogen and oxygen atoms in total. The highest BCUT2D eigenvalue weighted by molar-refractivity contribution is 7.85. The predicted molar refractivity (Wildman–Crippen MR) is 88.5 cm³/mol. The standard InChI is InChI=1S/C16H18F3NO4S/c1-3-5-13(8-11(2)15(20)10-25(21,22)23)24-14-7-4-6-12(9-14)16(17,18)19/h3-9,15H,2,10,20H2,1H3,(H,21,22,23)/b5-3-,13-8+. The van der Waals surface area contributed by atoms with Gasteiger partial charge in [-0.25, -0.2) is 0 Å². The molecule has 0 aliphatic heterocycles. The Bertz CT molecular complexity index is 783. The molecule has 1 aromatic rings. The van der Waals surface area contributed by atoms with Crippen molar-refractivity contribution < 1.29 is 30.9 Å². The van der Waals surface area contributed by atoms with Gasteiger partial charge in [-0.2, -0.15) is 21.6 Å². The van der Waals surface area contributed by atoms with Crippen molar-refractivity contribution in [1.29, 1.82) is 0 Å². The molecular weight excluding hydrogens is 359 g/mol. The van der Waals surface area contributed by atoms with Crippen molar-refractivity contribution in [3.63, 3.8) is 0 Å². The van der Waals surface area contributed by atoms with Crippen molar-refractivity contribution in [2.24, 2.45) is 5.73 Å². The molecule has 1 unspecified atom stereocenters. The molecule has 25 heavy (non-hydrogen) atoms. The van der Waals surface area contributed by atoms with Crippen LogP contribution in [0.15, 0.2) is 60.4 Å². The van der Waals surface area contributed by atoms with Gasteiger partial charge in [-0.15, -0.1) is 0 Å². The minimum atomic E-state index is -4.51. The maximum atomic E-state index is 12.7. The van der Waals surface area contributed by atoms with Crippen LogP contribution in [0.5, 0.6) is 5.75 Å². The van der Waals surface area contributed by atoms with Crippen molar-refractivity contribution in [1.82, 2.24) is 0 Å². The van der Waals surface area contributed by atoms with Crippen molar-refractivity contribution in [2.75, 3.05) is 5.75 Å². The van der Waals surface area contributed by atoms with Crippen LogP contribution in [-0.4, -0.2) is 24.8 Å². The summed E-state index contributed by atoms with van der Waals surface area (Å²) in [5.41, 5.74) is 4.86. The third-order valence-corrected chi connectivity index (χ3v) is 3.70. The summed E-state index contributed by atoms with van der Waals surface area (Å²) in [5.74, 6) is -0.692. The van der Waals surface area contributed by atoms with Crippen molar-refractivity contribution in [2.45, 2.75) is 19.1 Å². The maximum absolute atomic E-state index is 12.7. The summed E-state index contributed by atoms with van der Waals surface area (Å²) in [7, 11) is -4.30. The van der Waals surface area contributed by atoms with E-state index in [0.717, 1.165) is 12.1 Å². The molecule has 0 radical (unpaired) electrons. The van der Waals surface area contributed by atoms with E-state index in [4.69, 9.17) is 15.0 Å². The van der Waals surface area contributed by atoms with Gasteiger partial charge in [0, 0.05) is 6.04 Å². The fourth-order valence-corrected chi connectivity index (χ4v) is 2.44. The lowest BCUT2D eigenvalue weighted by Crippen LogP contribution is -2.30. The molecule has 1 atom stereocenters. The molecule has 1 aromatic carbocycles. The van der Waals surface area contributed by atoms with Crippen LogP contribution in [0, 0.1) is 0 Å². The fraction of sp³-hybridized carbons (Fsp3) is 0.250. The lowest BCUT2D eigenvalue weighted by molar-refractivity contribution is -0.137. The zero-order chi connectivity index (χ0) is 19.3. The van der Waals surface area contributed by atoms with Gasteiger partial charge >= 0.3 is 6.18 Å². The molecule has 0 saturated carbocycles. The summed E-state index contributed by atoms with van der Waals surface area (Å²) < 4.78 is 74.1. The third-order valence-electron chi connectivity index (χ3n) is 2.92. The first-order valence-corrected chi connectivity index (χ1v) is 8.62. The zero-order valence-corrected chi connectivity index (χ0v) is 14.1. The minimum Gasteiger partial charge on any atom is -0.457 e. The molecule has 0 spiro atoms. The Kier molecular flexibility index (Phi) is 6.97. The van der Waals surface area contributed by atoms with E-state index in [2.05, 4.69) is 6.58 Å². The second-order valence-corrected chi connectivity index (χ2v) is 6.60. The molecule has 9 heteroatoms. The SMILES string of the molecule is C=C(/C=C(\C=C/C)Oc1cccc(C(F)(F)F)c1)C(N)CS(=O)(=O)O. The van der Waals surface area contributed by atoms with Gasteiger partial charge in [0.15, 0.2) is 0 Å². The molecular formula is C16H18F3NO4S. The summed E-state index contributed by atoms with van der Waals surface area (Å²) >= 11 is 0. The number of hydrogen-bond acceptors (Lipinski definition) is 4. The van der Waals surface area contributed by atoms with Gasteiger partial charge in [0.2, 0.25) is 0 Å². The quantitative estimate of drug-likeness (QED) is 0.432. The first kappa shape index (κ1) is 20.9. The van der Waals surface area contributed by atoms with Gasteiger partial charge in [-0.05, 0) is 42.8 Å². The first-order chi connectivity index (χ1) is 11.4. The average Bonchev–Trinajstić information content (AvgIpc) is 2.45. The highest BCUT2D eigenvalue weighted by atomic mass is 32.2. The summed E-state index contributed by atoms with van der Waals surface area (Å²) in [6, 6.07) is 3.18. The van der Waals surface area contributed by atoms with Crippen LogP contribution < -0.4 is 10.5 Å². The molecule has 0 aliphatic carbocycles. The number of nitrogens with two attached hydrogens (primary N) is 1. The first-order valence-electron chi connectivity index (χ1n) is 7.01. The molecule has 0 aromatic heterocycles. The number of alkyl halides is 3. The fourth-order valence-electron chi connectivity index (χ4n) is 1.77. The maximum Gasteiger partial charge on any atom is 0.416 e. The molecule has 0 bridgehead atoms. The Labute approximate surface area is 144 Å². The lowest BCUT2D eigenvalue weighted by Gasteiger charge is -2.13. The van der Waals surface area contributed by atoms with Crippen LogP contribution in [0.1, 0.15) is 12.5 Å². The second-order valence-electron chi connectivity index (χ2n) is 5.10. The van der Waals surface area contributed by atoms with Crippen LogP contribution in [0.3, 0.4) is 0 Å². The van der Waals surface area contributed by atoms with E-state index >= 15 is 0 Å². The Balaban J connectivity index is 3.03. The van der Waals surface area contributed by atoms with Gasteiger partial charge in [0.05, 0.1) is 11.3 Å². The van der Waals surface area contributed by atoms with E-state index in [1.807, 2.05) is 0 Å². The number of rotatable bonds is 7. The minimum absolute atomic E-state index is 0.0599. The molecule has 138 valence electrons. The number of benzene rings is 1. The number of allylic oxidation sites excluding steroid dienone is 2. The van der Waals surface area contributed by atoms with E-state index in [-0.39, 0.29) is 17.1 Å². The predicted octanol–water partition coefficient (Wildman–Crippen LogP) is 3.32. The Hall–Kier alpha value is -2.10. The lowest BCUT2D eigenvalue weighted by atomic mass is 10.1. The van der Waals surface area contributed by atoms with Crippen molar-refractivity contribution >= 4 is 10.1 Å². The summed E-state index contributed by atoms with van der Waals surface area (Å²) in [5, 5.41) is 0. The number of halogens is 3. The van der Waals surface area contributed by atoms with Crippen LogP contribution in [0.2, 0.25) is 0 Å². The van der Waals surface area contributed by atoms with Gasteiger partial charge in [0.1, 0.15) is 11.5 Å². The van der Waals surface area contributed by atoms with Crippen LogP contribution in [0.25, 0.3) is 0 Å². The van der Waals surface area contributed by atoms with Crippen LogP contribution >= 0.6 is 0 Å². The summed E-state index contributed by atoms with van der Waals surface area (Å²) in [4.78, 5) is 0. The normalized spacial score (nSPS) is 14.6. The van der Waals surface area contributed by atoms with Gasteiger partial charge in [-0.3, -0.25) is 4.55 Å². The van der Waals surface area contributed by atoms with Gasteiger partial charge in [0.25, 0.3) is 10.1 Å². The highest BCUT2D eigenvalue weighted by Gasteiger charge is 2.30. The number of ether oxygens (including phenoxy) is 1. The molecule has 3 N–H and O–H groups in total. The second kappa shape index (κ2) is 8.32. The van der Waals surface area contributed by atoms with E-state index < -0.39 is 33.7 Å². The van der Waals surface area contributed by atoms with Crippen LogP contribution in [0.4, 0.5) is 13.2 Å². The molecule has 1 rings (SSSR count). The topological polar surface area (TPSA) is 89.6 Å². The van der Waals surface area contributed by atoms with E-state index in [9.17, 15) is 21.6 Å². The average molecular weight is 377 g/mol. The number of hydrogen-bond donors (Lipinski definition) is 2. The highest BCUT2D eigenvalue weighted by Crippen LogP contribution is 2.31. The molecule has 0 amide bonds. The zero-order valence-electron chi connectivity index (χ0n) is 13.3. The summed E-state index contributed by atoms with van der Waals surface area (Å²) in [6.07, 6.45) is -0.200. The monoisotopic (exact) mass is 377 g/mol. The van der Waals surface area contributed by atoms with E-state index in [1.54, 1.807) is 13.0 Å². The van der Waals surface area contributed by atoms with Crippen molar-refractivity contribution in [3.8, 4) is 5.75 Å². The smallest absolute Gasteiger partial charge is 0.416 e. The Morgan fingerprint density at radius 1 is 1.44 bits per heavy atom. The molecule has 0 fully saturated rings. The molecule has 0 heterocycles. The molecule has 0 aliphatic rings. The largest absolute Gasteiger partial charge is 0.457 e.